The largest absolute Gasteiger partial charge is 0.481 e. The number of hydrogen-bond donors (Lipinski definition) is 2. The Hall–Kier alpha value is -2.00. The third-order valence-electron chi connectivity index (χ3n) is 4.64. The van der Waals surface area contributed by atoms with Crippen LogP contribution in [0.4, 0.5) is 18.0 Å². The molecule has 0 unspecified atom stereocenters. The summed E-state index contributed by atoms with van der Waals surface area (Å²) in [7, 11) is 1.27. The van der Waals surface area contributed by atoms with Gasteiger partial charge in [0.05, 0.1) is 24.9 Å². The van der Waals surface area contributed by atoms with E-state index in [-0.39, 0.29) is 17.9 Å². The second-order valence-electron chi connectivity index (χ2n) is 6.18. The average Bonchev–Trinajstić information content (AvgIpc) is 3.12. The molecule has 10 heteroatoms. The van der Waals surface area contributed by atoms with Crippen LogP contribution in [0, 0.1) is 17.8 Å². The van der Waals surface area contributed by atoms with Crippen molar-refractivity contribution in [2.75, 3.05) is 20.2 Å². The second kappa shape index (κ2) is 6.86. The quantitative estimate of drug-likeness (QED) is 0.745. The number of carbonyl (C=O) groups excluding carboxylic acids is 2. The molecule has 1 aliphatic carbocycles. The minimum atomic E-state index is -4.68. The predicted octanol–water partition coefficient (Wildman–Crippen LogP) is 1.23. The summed E-state index contributed by atoms with van der Waals surface area (Å²) in [6.45, 7) is -1.17. The van der Waals surface area contributed by atoms with Gasteiger partial charge < -0.3 is 20.1 Å². The molecule has 4 atom stereocenters. The number of hydrogen-bond acceptors (Lipinski definition) is 4. The lowest BCUT2D eigenvalue weighted by molar-refractivity contribution is -0.187. The Morgan fingerprint density at radius 2 is 1.88 bits per heavy atom. The van der Waals surface area contributed by atoms with Crippen LogP contribution in [0.25, 0.3) is 0 Å². The standard InChI is InChI=1S/C14H19F3N2O5/c1-24-12(22)7-2-3-8(4-7)18-13(23)19-5-9(11(20)21)10(6-19)14(15,16)17/h7-10H,2-6H2,1H3,(H,18,23)(H,20,21)/t7-,8+,9+,10+/m0/s1. The molecular formula is C14H19F3N2O5. The number of carbonyl (C=O) groups is 3. The summed E-state index contributed by atoms with van der Waals surface area (Å²) < 4.78 is 43.4. The van der Waals surface area contributed by atoms with Gasteiger partial charge in [0.25, 0.3) is 0 Å². The van der Waals surface area contributed by atoms with E-state index in [1.54, 1.807) is 0 Å². The number of nitrogens with one attached hydrogen (secondary N) is 1. The number of amides is 2. The molecule has 0 aromatic rings. The van der Waals surface area contributed by atoms with Crippen molar-refractivity contribution in [1.29, 1.82) is 0 Å². The first kappa shape index (κ1) is 18.3. The highest BCUT2D eigenvalue weighted by Gasteiger charge is 2.53. The minimum absolute atomic E-state index is 0.338. The second-order valence-corrected chi connectivity index (χ2v) is 6.18. The number of halogens is 3. The smallest absolute Gasteiger partial charge is 0.394 e. The molecule has 1 heterocycles. The zero-order chi connectivity index (χ0) is 18.1. The first-order chi connectivity index (χ1) is 11.1. The number of nitrogens with zero attached hydrogens (tertiary/aromatic N) is 1. The summed E-state index contributed by atoms with van der Waals surface area (Å²) in [5, 5.41) is 11.5. The van der Waals surface area contributed by atoms with Gasteiger partial charge in [-0.1, -0.05) is 0 Å². The van der Waals surface area contributed by atoms with Crippen LogP contribution in [-0.2, 0) is 14.3 Å². The summed E-state index contributed by atoms with van der Waals surface area (Å²) in [6.07, 6.45) is -3.27. The highest BCUT2D eigenvalue weighted by Crippen LogP contribution is 2.38. The Kier molecular flexibility index (Phi) is 5.24. The number of methoxy groups -OCH3 is 1. The number of carboxylic acid groups (broad SMARTS) is 1. The van der Waals surface area contributed by atoms with E-state index in [0.29, 0.717) is 19.3 Å². The van der Waals surface area contributed by atoms with Crippen LogP contribution >= 0.6 is 0 Å². The summed E-state index contributed by atoms with van der Waals surface area (Å²) in [5.74, 6) is -6.03. The molecule has 0 aromatic carbocycles. The maximum Gasteiger partial charge on any atom is 0.394 e. The van der Waals surface area contributed by atoms with E-state index < -0.39 is 43.1 Å². The van der Waals surface area contributed by atoms with Crippen molar-refractivity contribution in [3.63, 3.8) is 0 Å². The zero-order valence-electron chi connectivity index (χ0n) is 13.0. The third kappa shape index (κ3) is 3.90. The van der Waals surface area contributed by atoms with Gasteiger partial charge in [0.15, 0.2) is 0 Å². The molecule has 1 saturated carbocycles. The molecule has 24 heavy (non-hydrogen) atoms. The first-order valence-corrected chi connectivity index (χ1v) is 7.56. The van der Waals surface area contributed by atoms with Crippen LogP contribution in [0.2, 0.25) is 0 Å². The van der Waals surface area contributed by atoms with Crippen molar-refractivity contribution in [1.82, 2.24) is 10.2 Å². The van der Waals surface area contributed by atoms with Crippen molar-refractivity contribution in [2.24, 2.45) is 17.8 Å². The molecule has 2 amide bonds. The van der Waals surface area contributed by atoms with Gasteiger partial charge >= 0.3 is 24.1 Å². The van der Waals surface area contributed by atoms with E-state index in [0.717, 1.165) is 4.90 Å². The Labute approximate surface area is 136 Å². The summed E-state index contributed by atoms with van der Waals surface area (Å²) in [5.41, 5.74) is 0. The van der Waals surface area contributed by atoms with Crippen LogP contribution in [0.1, 0.15) is 19.3 Å². The number of ether oxygens (including phenoxy) is 1. The molecule has 1 saturated heterocycles. The van der Waals surface area contributed by atoms with Crippen molar-refractivity contribution in [3.8, 4) is 0 Å². The van der Waals surface area contributed by atoms with Gasteiger partial charge in [-0.05, 0) is 19.3 Å². The fourth-order valence-corrected chi connectivity index (χ4v) is 3.31. The minimum Gasteiger partial charge on any atom is -0.481 e. The number of esters is 1. The molecule has 0 aromatic heterocycles. The Bertz CT molecular complexity index is 525. The molecule has 0 radical (unpaired) electrons. The van der Waals surface area contributed by atoms with E-state index in [1.807, 2.05) is 0 Å². The van der Waals surface area contributed by atoms with Gasteiger partial charge in [0.1, 0.15) is 0 Å². The molecule has 0 bridgehead atoms. The van der Waals surface area contributed by atoms with E-state index in [1.165, 1.54) is 7.11 Å². The van der Waals surface area contributed by atoms with Crippen molar-refractivity contribution in [3.05, 3.63) is 0 Å². The van der Waals surface area contributed by atoms with Gasteiger partial charge in [-0.3, -0.25) is 9.59 Å². The summed E-state index contributed by atoms with van der Waals surface area (Å²) in [6, 6.07) is -1.07. The van der Waals surface area contributed by atoms with Crippen molar-refractivity contribution >= 4 is 18.0 Å². The fourth-order valence-electron chi connectivity index (χ4n) is 3.31. The summed E-state index contributed by atoms with van der Waals surface area (Å²) in [4.78, 5) is 35.5. The number of likely N-dealkylation sites (tertiary alicyclic amines) is 1. The van der Waals surface area contributed by atoms with E-state index >= 15 is 0 Å². The van der Waals surface area contributed by atoms with E-state index in [4.69, 9.17) is 5.11 Å². The van der Waals surface area contributed by atoms with E-state index in [9.17, 15) is 27.6 Å². The number of urea groups is 1. The van der Waals surface area contributed by atoms with Crippen LogP contribution in [0.15, 0.2) is 0 Å². The van der Waals surface area contributed by atoms with Crippen LogP contribution in [-0.4, -0.2) is 60.4 Å². The van der Waals surface area contributed by atoms with Crippen LogP contribution in [0.3, 0.4) is 0 Å². The van der Waals surface area contributed by atoms with E-state index in [2.05, 4.69) is 10.1 Å². The number of rotatable bonds is 3. The number of carboxylic acids is 1. The van der Waals surface area contributed by atoms with Gasteiger partial charge in [0.2, 0.25) is 0 Å². The maximum absolute atomic E-state index is 12.9. The van der Waals surface area contributed by atoms with Crippen molar-refractivity contribution < 1.29 is 37.4 Å². The molecule has 2 rings (SSSR count). The monoisotopic (exact) mass is 352 g/mol. The molecule has 0 spiro atoms. The molecule has 2 fully saturated rings. The van der Waals surface area contributed by atoms with Crippen molar-refractivity contribution in [2.45, 2.75) is 31.5 Å². The highest BCUT2D eigenvalue weighted by atomic mass is 19.4. The lowest BCUT2D eigenvalue weighted by atomic mass is 9.96. The Morgan fingerprint density at radius 1 is 1.21 bits per heavy atom. The molecular weight excluding hydrogens is 333 g/mol. The molecule has 2 N–H and O–H groups in total. The Morgan fingerprint density at radius 3 is 2.38 bits per heavy atom. The maximum atomic E-state index is 12.9. The number of alkyl halides is 3. The van der Waals surface area contributed by atoms with Gasteiger partial charge in [0, 0.05) is 19.1 Å². The molecule has 136 valence electrons. The normalized spacial score (nSPS) is 30.2. The van der Waals surface area contributed by atoms with Gasteiger partial charge in [-0.2, -0.15) is 13.2 Å². The summed E-state index contributed by atoms with van der Waals surface area (Å²) >= 11 is 0. The SMILES string of the molecule is COC(=O)[C@H]1CC[C@@H](NC(=O)N2C[C@@H](C(F)(F)F)[C@H](C(=O)O)C2)C1. The lowest BCUT2D eigenvalue weighted by Crippen LogP contribution is -2.43. The third-order valence-corrected chi connectivity index (χ3v) is 4.64. The first-order valence-electron chi connectivity index (χ1n) is 7.56. The predicted molar refractivity (Wildman–Crippen MR) is 73.9 cm³/mol. The molecule has 7 nitrogen and oxygen atoms in total. The molecule has 2 aliphatic rings. The fraction of sp³-hybridized carbons (Fsp3) is 0.786. The van der Waals surface area contributed by atoms with Gasteiger partial charge in [-0.25, -0.2) is 4.79 Å². The van der Waals surface area contributed by atoms with Crippen LogP contribution in [0.5, 0.6) is 0 Å². The highest BCUT2D eigenvalue weighted by molar-refractivity contribution is 5.78. The Balaban J connectivity index is 1.94. The average molecular weight is 352 g/mol. The lowest BCUT2D eigenvalue weighted by Gasteiger charge is -2.21. The van der Waals surface area contributed by atoms with Gasteiger partial charge in [-0.15, -0.1) is 0 Å². The topological polar surface area (TPSA) is 95.9 Å². The molecule has 1 aliphatic heterocycles. The number of aliphatic carboxylic acids is 1. The van der Waals surface area contributed by atoms with Crippen LogP contribution < -0.4 is 5.32 Å². The zero-order valence-corrected chi connectivity index (χ0v) is 13.0.